The number of ether oxygens (including phenoxy) is 1. The van der Waals surface area contributed by atoms with Crippen molar-refractivity contribution in [2.24, 2.45) is 10.2 Å². The first kappa shape index (κ1) is 13.9. The summed E-state index contributed by atoms with van der Waals surface area (Å²) >= 11 is 0. The molecule has 1 aliphatic rings. The molecule has 20 heavy (non-hydrogen) atoms. The fourth-order valence-corrected chi connectivity index (χ4v) is 1.64. The number of hydrogen-bond donors (Lipinski definition) is 0. The van der Waals surface area contributed by atoms with Crippen LogP contribution in [0.4, 0.5) is 5.69 Å². The molecule has 4 heteroatoms. The Labute approximate surface area is 118 Å². The van der Waals surface area contributed by atoms with Gasteiger partial charge in [-0.3, -0.25) is 0 Å². The van der Waals surface area contributed by atoms with Crippen LogP contribution in [0.15, 0.2) is 77.0 Å². The SMILES string of the molecule is C=C(C)C(=O)OC1(N=Nc2ccccc2)C=CC=CC1. The van der Waals surface area contributed by atoms with Crippen LogP contribution in [0.3, 0.4) is 0 Å². The highest BCUT2D eigenvalue weighted by atomic mass is 16.6. The maximum atomic E-state index is 11.7. The van der Waals surface area contributed by atoms with Crippen LogP contribution in [-0.4, -0.2) is 11.7 Å². The monoisotopic (exact) mass is 268 g/mol. The zero-order chi connectivity index (χ0) is 14.4. The summed E-state index contributed by atoms with van der Waals surface area (Å²) in [5, 5.41) is 8.36. The number of carbonyl (C=O) groups excluding carboxylic acids is 1. The van der Waals surface area contributed by atoms with Crippen molar-refractivity contribution >= 4 is 11.7 Å². The van der Waals surface area contributed by atoms with Gasteiger partial charge in [-0.15, -0.1) is 5.11 Å². The van der Waals surface area contributed by atoms with Gasteiger partial charge in [0.1, 0.15) is 0 Å². The summed E-state index contributed by atoms with van der Waals surface area (Å²) < 4.78 is 5.43. The van der Waals surface area contributed by atoms with Gasteiger partial charge in [0, 0.05) is 12.0 Å². The van der Waals surface area contributed by atoms with Crippen molar-refractivity contribution in [1.82, 2.24) is 0 Å². The molecule has 1 aromatic rings. The molecule has 0 radical (unpaired) electrons. The molecule has 0 spiro atoms. The molecule has 0 amide bonds. The van der Waals surface area contributed by atoms with E-state index < -0.39 is 11.7 Å². The number of hydrogen-bond acceptors (Lipinski definition) is 4. The second-order valence-corrected chi connectivity index (χ2v) is 4.54. The Kier molecular flexibility index (Phi) is 4.25. The lowest BCUT2D eigenvalue weighted by atomic mass is 10.1. The summed E-state index contributed by atoms with van der Waals surface area (Å²) in [5.41, 5.74) is -0.0379. The van der Waals surface area contributed by atoms with Crippen LogP contribution in [0.5, 0.6) is 0 Å². The molecule has 1 aliphatic carbocycles. The van der Waals surface area contributed by atoms with Gasteiger partial charge < -0.3 is 4.74 Å². The summed E-state index contributed by atoms with van der Waals surface area (Å²) in [4.78, 5) is 11.7. The van der Waals surface area contributed by atoms with E-state index in [0.717, 1.165) is 0 Å². The van der Waals surface area contributed by atoms with Crippen LogP contribution in [0, 0.1) is 0 Å². The van der Waals surface area contributed by atoms with E-state index in [1.165, 1.54) is 0 Å². The van der Waals surface area contributed by atoms with Crippen LogP contribution in [0.25, 0.3) is 0 Å². The van der Waals surface area contributed by atoms with Gasteiger partial charge in [-0.1, -0.05) is 43.0 Å². The van der Waals surface area contributed by atoms with E-state index in [4.69, 9.17) is 4.74 Å². The van der Waals surface area contributed by atoms with Gasteiger partial charge in [-0.25, -0.2) is 4.79 Å². The quantitative estimate of drug-likeness (QED) is 0.469. The molecular formula is C16H16N2O2. The van der Waals surface area contributed by atoms with Crippen molar-refractivity contribution in [2.75, 3.05) is 0 Å². The van der Waals surface area contributed by atoms with Crippen LogP contribution in [0.2, 0.25) is 0 Å². The standard InChI is InChI=1S/C16H16N2O2/c1-13(2)15(19)20-16(11-7-4-8-12-16)18-17-14-9-5-3-6-10-14/h3-11H,1,12H2,2H3. The van der Waals surface area contributed by atoms with Crippen molar-refractivity contribution in [2.45, 2.75) is 19.1 Å². The van der Waals surface area contributed by atoms with Gasteiger partial charge in [0.15, 0.2) is 0 Å². The maximum Gasteiger partial charge on any atom is 0.335 e. The molecular weight excluding hydrogens is 252 g/mol. The molecule has 0 fully saturated rings. The molecule has 0 saturated heterocycles. The minimum absolute atomic E-state index is 0.335. The third-order valence-electron chi connectivity index (χ3n) is 2.72. The van der Waals surface area contributed by atoms with Crippen LogP contribution in [0.1, 0.15) is 13.3 Å². The van der Waals surface area contributed by atoms with E-state index in [1.807, 2.05) is 42.5 Å². The summed E-state index contributed by atoms with van der Waals surface area (Å²) in [6.45, 7) is 5.18. The lowest BCUT2D eigenvalue weighted by molar-refractivity contribution is -0.149. The number of nitrogens with zero attached hydrogens (tertiary/aromatic N) is 2. The summed E-state index contributed by atoms with van der Waals surface area (Å²) in [5.74, 6) is -0.475. The van der Waals surface area contributed by atoms with Gasteiger partial charge in [0.05, 0.1) is 5.69 Å². The molecule has 102 valence electrons. The van der Waals surface area contributed by atoms with Crippen molar-refractivity contribution in [3.05, 3.63) is 66.8 Å². The first-order valence-electron chi connectivity index (χ1n) is 6.32. The summed E-state index contributed by atoms with van der Waals surface area (Å²) in [7, 11) is 0. The predicted molar refractivity (Wildman–Crippen MR) is 77.5 cm³/mol. The van der Waals surface area contributed by atoms with Crippen molar-refractivity contribution in [3.63, 3.8) is 0 Å². The van der Waals surface area contributed by atoms with E-state index in [0.29, 0.717) is 17.7 Å². The third-order valence-corrected chi connectivity index (χ3v) is 2.72. The van der Waals surface area contributed by atoms with Crippen molar-refractivity contribution in [3.8, 4) is 0 Å². The fourth-order valence-electron chi connectivity index (χ4n) is 1.64. The molecule has 1 aromatic carbocycles. The molecule has 1 unspecified atom stereocenters. The Morgan fingerprint density at radius 1 is 1.30 bits per heavy atom. The molecule has 1 atom stereocenters. The lowest BCUT2D eigenvalue weighted by Gasteiger charge is -2.25. The van der Waals surface area contributed by atoms with Crippen molar-refractivity contribution < 1.29 is 9.53 Å². The molecule has 0 heterocycles. The topological polar surface area (TPSA) is 51.0 Å². The third kappa shape index (κ3) is 3.51. The molecule has 0 saturated carbocycles. The van der Waals surface area contributed by atoms with Gasteiger partial charge in [0.25, 0.3) is 0 Å². The summed E-state index contributed by atoms with van der Waals surface area (Å²) in [6.07, 6.45) is 7.74. The van der Waals surface area contributed by atoms with E-state index in [1.54, 1.807) is 19.1 Å². The predicted octanol–water partition coefficient (Wildman–Crippen LogP) is 4.10. The molecule has 0 bridgehead atoms. The summed E-state index contributed by atoms with van der Waals surface area (Å²) in [6, 6.07) is 9.31. The fraction of sp³-hybridized carbons (Fsp3) is 0.188. The minimum Gasteiger partial charge on any atom is -0.428 e. The van der Waals surface area contributed by atoms with Gasteiger partial charge in [-0.2, -0.15) is 5.11 Å². The Balaban J connectivity index is 2.22. The number of esters is 1. The number of carbonyl (C=O) groups is 1. The molecule has 0 aliphatic heterocycles. The largest absolute Gasteiger partial charge is 0.428 e. The number of benzene rings is 1. The molecule has 0 aromatic heterocycles. The van der Waals surface area contributed by atoms with E-state index in [2.05, 4.69) is 16.8 Å². The van der Waals surface area contributed by atoms with E-state index in [-0.39, 0.29) is 0 Å². The van der Waals surface area contributed by atoms with Crippen LogP contribution < -0.4 is 0 Å². The van der Waals surface area contributed by atoms with E-state index in [9.17, 15) is 4.79 Å². The normalized spacial score (nSPS) is 21.1. The Bertz CT molecular complexity index is 588. The average molecular weight is 268 g/mol. The molecule has 2 rings (SSSR count). The van der Waals surface area contributed by atoms with Crippen LogP contribution in [-0.2, 0) is 9.53 Å². The minimum atomic E-state index is -1.08. The number of rotatable bonds is 4. The maximum absolute atomic E-state index is 11.7. The highest BCUT2D eigenvalue weighted by molar-refractivity contribution is 5.87. The van der Waals surface area contributed by atoms with Gasteiger partial charge >= 0.3 is 5.97 Å². The highest BCUT2D eigenvalue weighted by Crippen LogP contribution is 2.27. The number of allylic oxidation sites excluding steroid dienone is 2. The number of azo groups is 1. The average Bonchev–Trinajstić information content (AvgIpc) is 2.47. The van der Waals surface area contributed by atoms with Gasteiger partial charge in [-0.05, 0) is 25.1 Å². The van der Waals surface area contributed by atoms with E-state index >= 15 is 0 Å². The molecule has 0 N–H and O–H groups in total. The lowest BCUT2D eigenvalue weighted by Crippen LogP contribution is -2.31. The Hall–Kier alpha value is -2.49. The zero-order valence-corrected chi connectivity index (χ0v) is 11.3. The Morgan fingerprint density at radius 2 is 2.05 bits per heavy atom. The molecule has 4 nitrogen and oxygen atoms in total. The van der Waals surface area contributed by atoms with Gasteiger partial charge in [0.2, 0.25) is 5.72 Å². The second-order valence-electron chi connectivity index (χ2n) is 4.54. The smallest absolute Gasteiger partial charge is 0.335 e. The van der Waals surface area contributed by atoms with Crippen molar-refractivity contribution in [1.29, 1.82) is 0 Å². The second kappa shape index (κ2) is 6.10. The Morgan fingerprint density at radius 3 is 2.65 bits per heavy atom. The van der Waals surface area contributed by atoms with Crippen LogP contribution >= 0.6 is 0 Å². The zero-order valence-electron chi connectivity index (χ0n) is 11.3. The highest BCUT2D eigenvalue weighted by Gasteiger charge is 2.31. The first-order chi connectivity index (χ1) is 9.61. The first-order valence-corrected chi connectivity index (χ1v) is 6.32.